The number of piperidine rings is 1. The minimum atomic E-state index is -0.0570. The number of hydrogen-bond donors (Lipinski definition) is 0. The fourth-order valence-corrected chi connectivity index (χ4v) is 5.64. The van der Waals surface area contributed by atoms with E-state index in [1.165, 1.54) is 0 Å². The maximum absolute atomic E-state index is 13.6. The zero-order valence-electron chi connectivity index (χ0n) is 21.8. The van der Waals surface area contributed by atoms with Crippen molar-refractivity contribution in [2.75, 3.05) is 38.3 Å². The number of carbonyl (C=O) groups is 2. The molecule has 0 radical (unpaired) electrons. The van der Waals surface area contributed by atoms with Gasteiger partial charge in [0.15, 0.2) is 6.61 Å². The van der Waals surface area contributed by atoms with E-state index < -0.39 is 0 Å². The summed E-state index contributed by atoms with van der Waals surface area (Å²) in [6.07, 6.45) is 4.74. The molecule has 2 heterocycles. The van der Waals surface area contributed by atoms with Gasteiger partial charge in [0.1, 0.15) is 11.5 Å². The molecule has 2 aromatic rings. The smallest absolute Gasteiger partial charge is 0.260 e. The number of likely N-dealkylation sites (N-methyl/N-ethyl adjacent to an activating group) is 1. The molecule has 7 heteroatoms. The Balaban J connectivity index is 1.64. The van der Waals surface area contributed by atoms with Crippen LogP contribution in [-0.2, 0) is 16.1 Å². The van der Waals surface area contributed by atoms with E-state index in [2.05, 4.69) is 11.8 Å². The first-order valence-electron chi connectivity index (χ1n) is 13.2. The Kier molecular flexibility index (Phi) is 8.86. The zero-order valence-corrected chi connectivity index (χ0v) is 21.8. The van der Waals surface area contributed by atoms with Gasteiger partial charge in [-0.1, -0.05) is 44.5 Å². The number of amides is 2. The normalized spacial score (nSPS) is 20.8. The summed E-state index contributed by atoms with van der Waals surface area (Å²) in [7, 11) is 1.61. The van der Waals surface area contributed by atoms with Gasteiger partial charge in [0.05, 0.1) is 7.11 Å². The number of nitrogens with zero attached hydrogens (tertiary/aromatic N) is 3. The SMILES string of the molecule is CCC(=O)N1CCC2CCCC(CN(C(=O)COc3cccc(OC)c3)Cc3ccccc31)N2CC. The predicted octanol–water partition coefficient (Wildman–Crippen LogP) is 4.49. The molecule has 0 saturated carbocycles. The Bertz CT molecular complexity index is 1040. The number of fused-ring (bicyclic) bond motifs is 3. The summed E-state index contributed by atoms with van der Waals surface area (Å²) in [6.45, 7) is 6.80. The zero-order chi connectivity index (χ0) is 25.5. The average Bonchev–Trinajstić information content (AvgIpc) is 2.93. The van der Waals surface area contributed by atoms with E-state index in [1.54, 1.807) is 13.2 Å². The molecule has 2 atom stereocenters. The molecule has 36 heavy (non-hydrogen) atoms. The molecule has 2 amide bonds. The van der Waals surface area contributed by atoms with Crippen molar-refractivity contribution < 1.29 is 19.1 Å². The highest BCUT2D eigenvalue weighted by molar-refractivity contribution is 5.94. The molecule has 2 aromatic carbocycles. The van der Waals surface area contributed by atoms with E-state index in [-0.39, 0.29) is 18.4 Å². The van der Waals surface area contributed by atoms with Gasteiger partial charge in [-0.2, -0.15) is 0 Å². The molecule has 0 aromatic heterocycles. The monoisotopic (exact) mass is 493 g/mol. The Morgan fingerprint density at radius 2 is 1.72 bits per heavy atom. The molecule has 2 aliphatic heterocycles. The number of para-hydroxylation sites is 1. The number of rotatable bonds is 6. The molecule has 4 rings (SSSR count). The average molecular weight is 494 g/mol. The summed E-state index contributed by atoms with van der Waals surface area (Å²) in [5.41, 5.74) is 1.91. The van der Waals surface area contributed by atoms with Crippen LogP contribution in [-0.4, -0.2) is 67.0 Å². The maximum atomic E-state index is 13.6. The van der Waals surface area contributed by atoms with E-state index in [4.69, 9.17) is 9.47 Å². The largest absolute Gasteiger partial charge is 0.497 e. The number of benzene rings is 2. The third-order valence-electron chi connectivity index (χ3n) is 7.50. The molecular formula is C29H39N3O4. The number of ether oxygens (including phenoxy) is 2. The number of anilines is 1. The van der Waals surface area contributed by atoms with Crippen LogP contribution in [0, 0.1) is 0 Å². The summed E-state index contributed by atoms with van der Waals surface area (Å²) < 4.78 is 11.2. The highest BCUT2D eigenvalue weighted by atomic mass is 16.5. The predicted molar refractivity (Wildman–Crippen MR) is 141 cm³/mol. The van der Waals surface area contributed by atoms with Crippen molar-refractivity contribution in [3.05, 3.63) is 54.1 Å². The number of carbonyl (C=O) groups excluding carboxylic acids is 2. The van der Waals surface area contributed by atoms with E-state index in [0.717, 1.165) is 43.5 Å². The Morgan fingerprint density at radius 3 is 2.50 bits per heavy atom. The number of hydrogen-bond acceptors (Lipinski definition) is 5. The number of methoxy groups -OCH3 is 1. The van der Waals surface area contributed by atoms with Gasteiger partial charge in [-0.15, -0.1) is 0 Å². The van der Waals surface area contributed by atoms with Crippen LogP contribution in [0.1, 0.15) is 51.5 Å². The van der Waals surface area contributed by atoms with Crippen LogP contribution in [0.15, 0.2) is 48.5 Å². The Hall–Kier alpha value is -3.06. The Morgan fingerprint density at radius 1 is 0.944 bits per heavy atom. The molecule has 2 unspecified atom stereocenters. The summed E-state index contributed by atoms with van der Waals surface area (Å²) in [6, 6.07) is 16.0. The molecule has 2 bridgehead atoms. The fraction of sp³-hybridized carbons (Fsp3) is 0.517. The van der Waals surface area contributed by atoms with Crippen molar-refractivity contribution >= 4 is 17.5 Å². The maximum Gasteiger partial charge on any atom is 0.260 e. The van der Waals surface area contributed by atoms with Crippen molar-refractivity contribution in [2.24, 2.45) is 0 Å². The third-order valence-corrected chi connectivity index (χ3v) is 7.50. The topological polar surface area (TPSA) is 62.3 Å². The molecule has 1 fully saturated rings. The van der Waals surface area contributed by atoms with E-state index in [1.807, 2.05) is 59.2 Å². The summed E-state index contributed by atoms with van der Waals surface area (Å²) >= 11 is 0. The lowest BCUT2D eigenvalue weighted by molar-refractivity contribution is -0.135. The summed E-state index contributed by atoms with van der Waals surface area (Å²) in [5, 5.41) is 0. The molecule has 7 nitrogen and oxygen atoms in total. The lowest BCUT2D eigenvalue weighted by Gasteiger charge is -2.43. The highest BCUT2D eigenvalue weighted by Crippen LogP contribution is 2.30. The van der Waals surface area contributed by atoms with Crippen molar-refractivity contribution in [3.63, 3.8) is 0 Å². The van der Waals surface area contributed by atoms with Crippen molar-refractivity contribution in [1.29, 1.82) is 0 Å². The standard InChI is InChI=1S/C29H39N3O4/c1-4-28(33)32-17-16-23-11-8-12-24(31(23)5-2)20-30(19-22-10-6-7-15-27(22)32)29(34)21-36-26-14-9-13-25(18-26)35-3/h6-7,9-10,13-15,18,23-24H,4-5,8,11-12,16-17,19-21H2,1-3H3. The lowest BCUT2D eigenvalue weighted by Crippen LogP contribution is -2.53. The molecule has 0 N–H and O–H groups in total. The van der Waals surface area contributed by atoms with Crippen molar-refractivity contribution in [2.45, 2.75) is 64.6 Å². The van der Waals surface area contributed by atoms with Crippen LogP contribution in [0.5, 0.6) is 11.5 Å². The first-order chi connectivity index (χ1) is 17.5. The van der Waals surface area contributed by atoms with Gasteiger partial charge in [0, 0.05) is 49.9 Å². The van der Waals surface area contributed by atoms with Crippen LogP contribution in [0.4, 0.5) is 5.69 Å². The summed E-state index contributed by atoms with van der Waals surface area (Å²) in [5.74, 6) is 1.36. The first-order valence-corrected chi connectivity index (χ1v) is 13.2. The van der Waals surface area contributed by atoms with Gasteiger partial charge in [-0.05, 0) is 49.6 Å². The fourth-order valence-electron chi connectivity index (χ4n) is 5.64. The Labute approximate surface area is 215 Å². The van der Waals surface area contributed by atoms with E-state index in [0.29, 0.717) is 49.6 Å². The summed E-state index contributed by atoms with van der Waals surface area (Å²) in [4.78, 5) is 33.0. The van der Waals surface area contributed by atoms with Gasteiger partial charge in [-0.25, -0.2) is 0 Å². The van der Waals surface area contributed by atoms with Gasteiger partial charge < -0.3 is 19.3 Å². The molecule has 2 aliphatic rings. The molecule has 0 aliphatic carbocycles. The molecular weight excluding hydrogens is 454 g/mol. The van der Waals surface area contributed by atoms with Crippen LogP contribution >= 0.6 is 0 Å². The van der Waals surface area contributed by atoms with Gasteiger partial charge in [-0.3, -0.25) is 14.5 Å². The second-order valence-corrected chi connectivity index (χ2v) is 9.63. The third kappa shape index (κ3) is 6.01. The van der Waals surface area contributed by atoms with E-state index in [9.17, 15) is 9.59 Å². The minimum absolute atomic E-state index is 0.0464. The molecule has 1 saturated heterocycles. The van der Waals surface area contributed by atoms with Crippen LogP contribution in [0.3, 0.4) is 0 Å². The quantitative estimate of drug-likeness (QED) is 0.593. The van der Waals surface area contributed by atoms with Crippen molar-refractivity contribution in [3.8, 4) is 11.5 Å². The van der Waals surface area contributed by atoms with Gasteiger partial charge in [0.2, 0.25) is 5.91 Å². The lowest BCUT2D eigenvalue weighted by atomic mass is 9.93. The van der Waals surface area contributed by atoms with Gasteiger partial charge >= 0.3 is 0 Å². The minimum Gasteiger partial charge on any atom is -0.497 e. The molecule has 194 valence electrons. The molecule has 0 spiro atoms. The second-order valence-electron chi connectivity index (χ2n) is 9.63. The highest BCUT2D eigenvalue weighted by Gasteiger charge is 2.34. The van der Waals surface area contributed by atoms with Gasteiger partial charge in [0.25, 0.3) is 5.91 Å². The van der Waals surface area contributed by atoms with Crippen LogP contribution in [0.25, 0.3) is 0 Å². The second kappa shape index (κ2) is 12.3. The van der Waals surface area contributed by atoms with Crippen LogP contribution < -0.4 is 14.4 Å². The van der Waals surface area contributed by atoms with Crippen molar-refractivity contribution in [1.82, 2.24) is 9.80 Å². The van der Waals surface area contributed by atoms with E-state index >= 15 is 0 Å². The first kappa shape index (κ1) is 26.0. The van der Waals surface area contributed by atoms with Crippen LogP contribution in [0.2, 0.25) is 0 Å².